The fraction of sp³-hybridized carbons (Fsp3) is 0.615. The van der Waals surface area contributed by atoms with E-state index in [2.05, 4.69) is 33.9 Å². The Hall–Kier alpha value is -0.890. The fourth-order valence-electron chi connectivity index (χ4n) is 2.44. The first-order chi connectivity index (χ1) is 9.83. The van der Waals surface area contributed by atoms with E-state index >= 15 is 0 Å². The Balaban J connectivity index is 2.13. The molecule has 118 valence electrons. The van der Waals surface area contributed by atoms with Gasteiger partial charge in [-0.25, -0.2) is 18.1 Å². The van der Waals surface area contributed by atoms with Crippen LogP contribution in [-0.2, 0) is 10.0 Å². The SMILES string of the molecule is CNc1ncc(S(=O)(=O)NC2CCN(C)C(C)C2)cc1Cl. The van der Waals surface area contributed by atoms with Crippen LogP contribution < -0.4 is 10.0 Å². The Morgan fingerprint density at radius 2 is 2.19 bits per heavy atom. The number of hydrogen-bond acceptors (Lipinski definition) is 5. The molecule has 0 bridgehead atoms. The van der Waals surface area contributed by atoms with E-state index in [4.69, 9.17) is 11.6 Å². The largest absolute Gasteiger partial charge is 0.372 e. The molecule has 2 unspecified atom stereocenters. The summed E-state index contributed by atoms with van der Waals surface area (Å²) in [4.78, 5) is 6.34. The zero-order valence-corrected chi connectivity index (χ0v) is 14.0. The van der Waals surface area contributed by atoms with E-state index in [0.717, 1.165) is 19.4 Å². The van der Waals surface area contributed by atoms with Crippen molar-refractivity contribution in [2.75, 3.05) is 26.0 Å². The van der Waals surface area contributed by atoms with E-state index in [1.807, 2.05) is 0 Å². The van der Waals surface area contributed by atoms with Crippen molar-refractivity contribution < 1.29 is 8.42 Å². The van der Waals surface area contributed by atoms with Gasteiger partial charge in [-0.05, 0) is 39.4 Å². The van der Waals surface area contributed by atoms with Gasteiger partial charge in [-0.15, -0.1) is 0 Å². The molecule has 1 saturated heterocycles. The predicted octanol–water partition coefficient (Wildman–Crippen LogP) is 1.54. The number of nitrogens with zero attached hydrogens (tertiary/aromatic N) is 2. The van der Waals surface area contributed by atoms with E-state index in [1.54, 1.807) is 7.05 Å². The summed E-state index contributed by atoms with van der Waals surface area (Å²) in [5, 5.41) is 3.09. The van der Waals surface area contributed by atoms with Crippen LogP contribution in [0.1, 0.15) is 19.8 Å². The van der Waals surface area contributed by atoms with Gasteiger partial charge < -0.3 is 10.2 Å². The molecule has 0 amide bonds. The van der Waals surface area contributed by atoms with E-state index in [-0.39, 0.29) is 16.0 Å². The molecule has 2 atom stereocenters. The molecule has 0 saturated carbocycles. The van der Waals surface area contributed by atoms with Gasteiger partial charge in [0, 0.05) is 25.3 Å². The van der Waals surface area contributed by atoms with Crippen LogP contribution in [0.25, 0.3) is 0 Å². The maximum atomic E-state index is 12.4. The summed E-state index contributed by atoms with van der Waals surface area (Å²) >= 11 is 6.00. The molecular weight excluding hydrogens is 312 g/mol. The van der Waals surface area contributed by atoms with Crippen LogP contribution in [-0.4, -0.2) is 51.0 Å². The first-order valence-corrected chi connectivity index (χ1v) is 8.75. The van der Waals surface area contributed by atoms with E-state index in [1.165, 1.54) is 12.3 Å². The molecule has 0 radical (unpaired) electrons. The highest BCUT2D eigenvalue weighted by Gasteiger charge is 2.27. The van der Waals surface area contributed by atoms with Crippen LogP contribution >= 0.6 is 11.6 Å². The zero-order valence-electron chi connectivity index (χ0n) is 12.4. The molecule has 2 heterocycles. The van der Waals surface area contributed by atoms with Crippen molar-refractivity contribution >= 4 is 27.4 Å². The fourth-order valence-corrected chi connectivity index (χ4v) is 4.01. The van der Waals surface area contributed by atoms with Crippen molar-refractivity contribution in [1.82, 2.24) is 14.6 Å². The lowest BCUT2D eigenvalue weighted by Crippen LogP contribution is -2.47. The molecule has 1 aromatic rings. The highest BCUT2D eigenvalue weighted by atomic mass is 35.5. The molecule has 0 spiro atoms. The molecule has 2 N–H and O–H groups in total. The van der Waals surface area contributed by atoms with Gasteiger partial charge >= 0.3 is 0 Å². The molecule has 2 rings (SSSR count). The monoisotopic (exact) mass is 332 g/mol. The zero-order chi connectivity index (χ0) is 15.6. The lowest BCUT2D eigenvalue weighted by molar-refractivity contribution is 0.178. The number of hydrogen-bond donors (Lipinski definition) is 2. The minimum Gasteiger partial charge on any atom is -0.372 e. The number of anilines is 1. The summed E-state index contributed by atoms with van der Waals surface area (Å²) in [6.45, 7) is 2.98. The van der Waals surface area contributed by atoms with Crippen molar-refractivity contribution in [1.29, 1.82) is 0 Å². The number of halogens is 1. The number of likely N-dealkylation sites (tertiary alicyclic amines) is 1. The Morgan fingerprint density at radius 3 is 2.76 bits per heavy atom. The minimum absolute atomic E-state index is 0.0519. The van der Waals surface area contributed by atoms with Crippen LogP contribution in [0.2, 0.25) is 5.02 Å². The molecule has 0 aromatic carbocycles. The number of sulfonamides is 1. The van der Waals surface area contributed by atoms with Gasteiger partial charge in [-0.1, -0.05) is 11.6 Å². The highest BCUT2D eigenvalue weighted by molar-refractivity contribution is 7.89. The molecule has 0 aliphatic carbocycles. The van der Waals surface area contributed by atoms with Crippen molar-refractivity contribution in [3.8, 4) is 0 Å². The van der Waals surface area contributed by atoms with Gasteiger partial charge in [0.1, 0.15) is 10.7 Å². The summed E-state index contributed by atoms with van der Waals surface area (Å²) in [6.07, 6.45) is 2.92. The second-order valence-corrected chi connectivity index (χ2v) is 7.54. The Bertz CT molecular complexity index is 608. The second kappa shape index (κ2) is 6.48. The minimum atomic E-state index is -3.59. The third kappa shape index (κ3) is 3.85. The Labute approximate surface area is 130 Å². The van der Waals surface area contributed by atoms with Crippen LogP contribution in [0.4, 0.5) is 5.82 Å². The van der Waals surface area contributed by atoms with Gasteiger partial charge in [0.05, 0.1) is 5.02 Å². The molecule has 1 fully saturated rings. The molecule has 1 aliphatic heterocycles. The average molecular weight is 333 g/mol. The predicted molar refractivity (Wildman–Crippen MR) is 84.2 cm³/mol. The maximum Gasteiger partial charge on any atom is 0.242 e. The summed E-state index contributed by atoms with van der Waals surface area (Å²) in [5.41, 5.74) is 0. The normalized spacial score (nSPS) is 24.0. The molecule has 8 heteroatoms. The molecule has 1 aliphatic rings. The number of piperidine rings is 1. The van der Waals surface area contributed by atoms with Crippen LogP contribution in [0.5, 0.6) is 0 Å². The molecular formula is C13H21ClN4O2S. The summed E-state index contributed by atoms with van der Waals surface area (Å²) in [6, 6.07) is 1.73. The Kier molecular flexibility index (Phi) is 5.08. The number of aromatic nitrogens is 1. The van der Waals surface area contributed by atoms with Crippen LogP contribution in [0.15, 0.2) is 17.2 Å². The molecule has 6 nitrogen and oxygen atoms in total. The third-order valence-corrected chi connectivity index (χ3v) is 5.67. The van der Waals surface area contributed by atoms with Crippen molar-refractivity contribution in [3.63, 3.8) is 0 Å². The summed E-state index contributed by atoms with van der Waals surface area (Å²) < 4.78 is 27.5. The first kappa shape index (κ1) is 16.5. The first-order valence-electron chi connectivity index (χ1n) is 6.89. The van der Waals surface area contributed by atoms with E-state index in [9.17, 15) is 8.42 Å². The van der Waals surface area contributed by atoms with Crippen molar-refractivity contribution in [2.24, 2.45) is 0 Å². The van der Waals surface area contributed by atoms with Gasteiger partial charge in [-0.2, -0.15) is 0 Å². The third-order valence-electron chi connectivity index (χ3n) is 3.89. The van der Waals surface area contributed by atoms with E-state index < -0.39 is 10.0 Å². The van der Waals surface area contributed by atoms with Gasteiger partial charge in [-0.3, -0.25) is 0 Å². The van der Waals surface area contributed by atoms with Crippen LogP contribution in [0, 0.1) is 0 Å². The maximum absolute atomic E-state index is 12.4. The van der Waals surface area contributed by atoms with Crippen molar-refractivity contribution in [3.05, 3.63) is 17.3 Å². The Morgan fingerprint density at radius 1 is 1.48 bits per heavy atom. The second-order valence-electron chi connectivity index (χ2n) is 5.42. The topological polar surface area (TPSA) is 74.3 Å². The van der Waals surface area contributed by atoms with E-state index in [0.29, 0.717) is 11.9 Å². The van der Waals surface area contributed by atoms with Crippen LogP contribution in [0.3, 0.4) is 0 Å². The average Bonchev–Trinajstić information content (AvgIpc) is 2.42. The number of pyridine rings is 1. The standard InChI is InChI=1S/C13H21ClN4O2S/c1-9-6-10(4-5-18(9)3)17-21(19,20)11-7-12(14)13(15-2)16-8-11/h7-10,17H,4-6H2,1-3H3,(H,15,16). The molecule has 1 aromatic heterocycles. The van der Waals surface area contributed by atoms with Gasteiger partial charge in [0.2, 0.25) is 10.0 Å². The smallest absolute Gasteiger partial charge is 0.242 e. The van der Waals surface area contributed by atoms with Crippen molar-refractivity contribution in [2.45, 2.75) is 36.7 Å². The lowest BCUT2D eigenvalue weighted by Gasteiger charge is -2.35. The number of rotatable bonds is 4. The quantitative estimate of drug-likeness (QED) is 0.874. The highest BCUT2D eigenvalue weighted by Crippen LogP contribution is 2.23. The summed E-state index contributed by atoms with van der Waals surface area (Å²) in [7, 11) is 0.141. The summed E-state index contributed by atoms with van der Waals surface area (Å²) in [5.74, 6) is 0.462. The number of nitrogens with one attached hydrogen (secondary N) is 2. The lowest BCUT2D eigenvalue weighted by atomic mass is 10.0. The van der Waals surface area contributed by atoms with Gasteiger partial charge in [0.15, 0.2) is 0 Å². The molecule has 21 heavy (non-hydrogen) atoms. The van der Waals surface area contributed by atoms with Gasteiger partial charge in [0.25, 0.3) is 0 Å².